The van der Waals surface area contributed by atoms with Crippen molar-refractivity contribution in [2.75, 3.05) is 13.2 Å². The molecule has 0 fully saturated rings. The van der Waals surface area contributed by atoms with E-state index >= 15 is 0 Å². The van der Waals surface area contributed by atoms with Gasteiger partial charge in [0.15, 0.2) is 11.6 Å². The van der Waals surface area contributed by atoms with Crippen LogP contribution in [0.25, 0.3) is 0 Å². The third-order valence-electron chi connectivity index (χ3n) is 2.64. The van der Waals surface area contributed by atoms with Gasteiger partial charge in [-0.3, -0.25) is 0 Å². The minimum absolute atomic E-state index is 0.222. The van der Waals surface area contributed by atoms with E-state index in [4.69, 9.17) is 10.5 Å². The van der Waals surface area contributed by atoms with Gasteiger partial charge < -0.3 is 15.0 Å². The molecule has 0 atom stereocenters. The maximum atomic E-state index is 13.6. The molecule has 0 bridgehead atoms. The lowest BCUT2D eigenvalue weighted by atomic mass is 10.2. The summed E-state index contributed by atoms with van der Waals surface area (Å²) in [6.45, 7) is 1.50. The molecule has 2 aromatic rings. The second-order valence-corrected chi connectivity index (χ2v) is 4.15. The zero-order valence-corrected chi connectivity index (χ0v) is 11.1. The number of nitrogens with zero attached hydrogens (tertiary/aromatic N) is 2. The normalized spacial score (nSPS) is 9.90. The van der Waals surface area contributed by atoms with E-state index in [1.807, 2.05) is 10.8 Å². The van der Waals surface area contributed by atoms with Gasteiger partial charge in [0.05, 0.1) is 19.5 Å². The van der Waals surface area contributed by atoms with Crippen LogP contribution in [0.2, 0.25) is 0 Å². The molecular weight excluding hydrogens is 257 g/mol. The van der Waals surface area contributed by atoms with E-state index in [1.165, 1.54) is 6.07 Å². The third kappa shape index (κ3) is 4.11. The molecule has 4 nitrogen and oxygen atoms in total. The van der Waals surface area contributed by atoms with Gasteiger partial charge in [0, 0.05) is 24.5 Å². The van der Waals surface area contributed by atoms with Crippen LogP contribution < -0.4 is 10.5 Å². The quantitative estimate of drug-likeness (QED) is 0.667. The molecule has 1 aromatic carbocycles. The number of ether oxygens (including phenoxy) is 1. The lowest BCUT2D eigenvalue weighted by Crippen LogP contribution is -2.04. The van der Waals surface area contributed by atoms with E-state index in [1.54, 1.807) is 24.7 Å². The predicted octanol–water partition coefficient (Wildman–Crippen LogP) is 1.80. The van der Waals surface area contributed by atoms with Gasteiger partial charge in [0.1, 0.15) is 0 Å². The summed E-state index contributed by atoms with van der Waals surface area (Å²) in [7, 11) is 0. The van der Waals surface area contributed by atoms with E-state index in [0.29, 0.717) is 12.2 Å². The number of rotatable bonds is 5. The Morgan fingerprint density at radius 1 is 1.40 bits per heavy atom. The summed E-state index contributed by atoms with van der Waals surface area (Å²) in [5, 5.41) is 0. The first-order chi connectivity index (χ1) is 9.79. The first-order valence-corrected chi connectivity index (χ1v) is 6.36. The number of aryl methyl sites for hydroxylation is 1. The standard InChI is InChI=1S/C15H16FN3O/c16-14-5-4-13(3-1-6-17)11-15(14)20-10-2-8-19-9-7-18-12-19/h4-5,7,9,11-12H,2,6,8,10,17H2. The van der Waals surface area contributed by atoms with Gasteiger partial charge in [-0.25, -0.2) is 9.37 Å². The van der Waals surface area contributed by atoms with Crippen LogP contribution in [0, 0.1) is 17.7 Å². The lowest BCUT2D eigenvalue weighted by Gasteiger charge is -2.08. The zero-order chi connectivity index (χ0) is 14.2. The molecule has 0 unspecified atom stereocenters. The van der Waals surface area contributed by atoms with Crippen LogP contribution in [0.15, 0.2) is 36.9 Å². The third-order valence-corrected chi connectivity index (χ3v) is 2.64. The highest BCUT2D eigenvalue weighted by atomic mass is 19.1. The number of hydrogen-bond donors (Lipinski definition) is 1. The van der Waals surface area contributed by atoms with Crippen LogP contribution in [0.1, 0.15) is 12.0 Å². The average Bonchev–Trinajstić information content (AvgIpc) is 2.97. The maximum absolute atomic E-state index is 13.6. The van der Waals surface area contributed by atoms with Gasteiger partial charge in [-0.1, -0.05) is 11.8 Å². The highest BCUT2D eigenvalue weighted by molar-refractivity contribution is 5.40. The summed E-state index contributed by atoms with van der Waals surface area (Å²) in [5.74, 6) is 5.42. The highest BCUT2D eigenvalue weighted by Crippen LogP contribution is 2.18. The summed E-state index contributed by atoms with van der Waals surface area (Å²) in [4.78, 5) is 3.95. The minimum Gasteiger partial charge on any atom is -0.490 e. The molecule has 2 rings (SSSR count). The molecule has 0 amide bonds. The Bertz CT molecular complexity index is 599. The number of halogens is 1. The highest BCUT2D eigenvalue weighted by Gasteiger charge is 2.04. The van der Waals surface area contributed by atoms with Gasteiger partial charge in [-0.2, -0.15) is 0 Å². The van der Waals surface area contributed by atoms with Gasteiger partial charge in [-0.15, -0.1) is 0 Å². The van der Waals surface area contributed by atoms with Crippen molar-refractivity contribution in [3.8, 4) is 17.6 Å². The molecule has 20 heavy (non-hydrogen) atoms. The lowest BCUT2D eigenvalue weighted by molar-refractivity contribution is 0.287. The molecule has 5 heteroatoms. The Morgan fingerprint density at radius 3 is 3.05 bits per heavy atom. The second-order valence-electron chi connectivity index (χ2n) is 4.15. The monoisotopic (exact) mass is 273 g/mol. The topological polar surface area (TPSA) is 53.1 Å². The van der Waals surface area contributed by atoms with Crippen LogP contribution in [0.3, 0.4) is 0 Å². The first kappa shape index (κ1) is 14.1. The molecule has 0 spiro atoms. The van der Waals surface area contributed by atoms with Gasteiger partial charge in [-0.05, 0) is 24.6 Å². The van der Waals surface area contributed by atoms with E-state index in [-0.39, 0.29) is 18.1 Å². The Balaban J connectivity index is 1.88. The van der Waals surface area contributed by atoms with Crippen LogP contribution in [0.4, 0.5) is 4.39 Å². The van der Waals surface area contributed by atoms with Gasteiger partial charge in [0.2, 0.25) is 0 Å². The van der Waals surface area contributed by atoms with Crippen molar-refractivity contribution in [2.45, 2.75) is 13.0 Å². The molecule has 0 aliphatic rings. The Hall–Kier alpha value is -2.32. The van der Waals surface area contributed by atoms with Crippen molar-refractivity contribution in [3.63, 3.8) is 0 Å². The van der Waals surface area contributed by atoms with Crippen molar-refractivity contribution >= 4 is 0 Å². The van der Waals surface area contributed by atoms with Gasteiger partial charge >= 0.3 is 0 Å². The van der Waals surface area contributed by atoms with Crippen molar-refractivity contribution in [1.82, 2.24) is 9.55 Å². The summed E-state index contributed by atoms with van der Waals surface area (Å²) < 4.78 is 21.0. The molecular formula is C15H16FN3O. The number of imidazole rings is 1. The Kier molecular flexibility index (Phi) is 5.15. The minimum atomic E-state index is -0.383. The summed E-state index contributed by atoms with van der Waals surface area (Å²) in [6, 6.07) is 4.55. The van der Waals surface area contributed by atoms with Gasteiger partial charge in [0.25, 0.3) is 0 Å². The maximum Gasteiger partial charge on any atom is 0.165 e. The van der Waals surface area contributed by atoms with Crippen molar-refractivity contribution in [1.29, 1.82) is 0 Å². The fraction of sp³-hybridized carbons (Fsp3) is 0.267. The van der Waals surface area contributed by atoms with Crippen LogP contribution in [0.5, 0.6) is 5.75 Å². The fourth-order valence-electron chi connectivity index (χ4n) is 1.69. The van der Waals surface area contributed by atoms with Crippen LogP contribution >= 0.6 is 0 Å². The predicted molar refractivity (Wildman–Crippen MR) is 74.7 cm³/mol. The molecule has 0 saturated heterocycles. The summed E-state index contributed by atoms with van der Waals surface area (Å²) in [6.07, 6.45) is 6.11. The van der Waals surface area contributed by atoms with Crippen molar-refractivity contribution < 1.29 is 9.13 Å². The molecule has 0 saturated carbocycles. The summed E-state index contributed by atoms with van der Waals surface area (Å²) in [5.41, 5.74) is 6.00. The molecule has 0 aliphatic heterocycles. The zero-order valence-electron chi connectivity index (χ0n) is 11.1. The van der Waals surface area contributed by atoms with E-state index in [2.05, 4.69) is 16.8 Å². The molecule has 104 valence electrons. The SMILES string of the molecule is NCC#Cc1ccc(F)c(OCCCn2ccnc2)c1. The smallest absolute Gasteiger partial charge is 0.165 e. The number of hydrogen-bond acceptors (Lipinski definition) is 3. The van der Waals surface area contributed by atoms with E-state index < -0.39 is 0 Å². The van der Waals surface area contributed by atoms with Crippen LogP contribution in [-0.4, -0.2) is 22.7 Å². The average molecular weight is 273 g/mol. The number of aromatic nitrogens is 2. The number of nitrogens with two attached hydrogens (primary N) is 1. The van der Waals surface area contributed by atoms with Crippen molar-refractivity contribution in [2.24, 2.45) is 5.73 Å². The summed E-state index contributed by atoms with van der Waals surface area (Å²) >= 11 is 0. The second kappa shape index (κ2) is 7.31. The molecule has 1 aromatic heterocycles. The Labute approximate surface area is 117 Å². The molecule has 1 heterocycles. The fourth-order valence-corrected chi connectivity index (χ4v) is 1.69. The van der Waals surface area contributed by atoms with Crippen molar-refractivity contribution in [3.05, 3.63) is 48.3 Å². The largest absolute Gasteiger partial charge is 0.490 e. The molecule has 0 aliphatic carbocycles. The van der Waals surface area contributed by atoms with Crippen LogP contribution in [-0.2, 0) is 6.54 Å². The van der Waals surface area contributed by atoms with E-state index in [9.17, 15) is 4.39 Å². The number of benzene rings is 1. The first-order valence-electron chi connectivity index (χ1n) is 6.36. The molecule has 0 radical (unpaired) electrons. The molecule has 2 N–H and O–H groups in total. The Morgan fingerprint density at radius 2 is 2.30 bits per heavy atom. The van der Waals surface area contributed by atoms with E-state index in [0.717, 1.165) is 13.0 Å².